The number of fused-ring (bicyclic) bond motifs is 4. The Balaban J connectivity index is 2.21. The van der Waals surface area contributed by atoms with Crippen LogP contribution in [0.2, 0.25) is 0 Å². The molecular weight excluding hydrogens is 278 g/mol. The van der Waals surface area contributed by atoms with E-state index in [9.17, 15) is 9.59 Å². The molecule has 4 nitrogen and oxygen atoms in total. The van der Waals surface area contributed by atoms with Crippen molar-refractivity contribution in [1.82, 2.24) is 4.57 Å². The number of benzene rings is 2. The first kappa shape index (κ1) is 12.8. The summed E-state index contributed by atoms with van der Waals surface area (Å²) in [6, 6.07) is 12.6. The van der Waals surface area contributed by atoms with Crippen LogP contribution in [0.3, 0.4) is 0 Å². The quantitative estimate of drug-likeness (QED) is 0.542. The minimum atomic E-state index is -0.113. The van der Waals surface area contributed by atoms with E-state index in [1.807, 2.05) is 25.2 Å². The summed E-state index contributed by atoms with van der Waals surface area (Å²) in [6.07, 6.45) is 0. The van der Waals surface area contributed by atoms with E-state index in [-0.39, 0.29) is 11.2 Å². The Morgan fingerprint density at radius 2 is 1.77 bits per heavy atom. The summed E-state index contributed by atoms with van der Waals surface area (Å²) >= 11 is 0. The van der Waals surface area contributed by atoms with Gasteiger partial charge in [0.2, 0.25) is 5.78 Å². The third-order valence-corrected chi connectivity index (χ3v) is 4.27. The van der Waals surface area contributed by atoms with Crippen LogP contribution in [0.4, 0.5) is 0 Å². The average molecular weight is 291 g/mol. The Hall–Kier alpha value is -2.88. The van der Waals surface area contributed by atoms with Crippen molar-refractivity contribution in [1.29, 1.82) is 0 Å². The van der Waals surface area contributed by atoms with Gasteiger partial charge >= 0.3 is 0 Å². The Labute approximate surface area is 126 Å². The standard InChI is InChI=1S/C18H13NO3/c1-19-14-6-4-3-5-12(14)17(20)15-13-9-10(22-2)7-8-11(13)18(21)16(15)19/h3-9H,1-2H3. The highest BCUT2D eigenvalue weighted by molar-refractivity contribution is 6.22. The van der Waals surface area contributed by atoms with E-state index in [2.05, 4.69) is 0 Å². The molecule has 1 aromatic heterocycles. The monoisotopic (exact) mass is 291 g/mol. The number of aryl methyl sites for hydroxylation is 1. The van der Waals surface area contributed by atoms with E-state index in [1.54, 1.807) is 35.9 Å². The number of ether oxygens (including phenoxy) is 1. The lowest BCUT2D eigenvalue weighted by atomic mass is 10.0. The van der Waals surface area contributed by atoms with Gasteiger partial charge in [-0.15, -0.1) is 0 Å². The number of ketones is 1. The zero-order valence-corrected chi connectivity index (χ0v) is 12.2. The van der Waals surface area contributed by atoms with Crippen molar-refractivity contribution < 1.29 is 9.53 Å². The molecule has 0 spiro atoms. The number of hydrogen-bond donors (Lipinski definition) is 0. The van der Waals surface area contributed by atoms with Crippen LogP contribution >= 0.6 is 0 Å². The van der Waals surface area contributed by atoms with Crippen LogP contribution in [0.15, 0.2) is 47.3 Å². The molecule has 2 aromatic carbocycles. The number of aromatic nitrogens is 1. The molecule has 0 atom stereocenters. The van der Waals surface area contributed by atoms with Gasteiger partial charge in [-0.1, -0.05) is 12.1 Å². The van der Waals surface area contributed by atoms with Crippen LogP contribution in [-0.2, 0) is 7.05 Å². The van der Waals surface area contributed by atoms with E-state index < -0.39 is 0 Å². The number of rotatable bonds is 1. The van der Waals surface area contributed by atoms with E-state index in [0.29, 0.717) is 33.5 Å². The molecule has 3 aromatic rings. The van der Waals surface area contributed by atoms with Gasteiger partial charge in [-0.2, -0.15) is 0 Å². The summed E-state index contributed by atoms with van der Waals surface area (Å²) in [5, 5.41) is 0.618. The fourth-order valence-corrected chi connectivity index (χ4v) is 3.19. The summed E-state index contributed by atoms with van der Waals surface area (Å²) < 4.78 is 7.03. The second kappa shape index (κ2) is 4.31. The number of nitrogens with zero attached hydrogens (tertiary/aromatic N) is 1. The maximum absolute atomic E-state index is 12.9. The third kappa shape index (κ3) is 1.46. The molecule has 0 unspecified atom stereocenters. The highest BCUT2D eigenvalue weighted by Gasteiger charge is 2.32. The molecular formula is C18H13NO3. The topological polar surface area (TPSA) is 48.3 Å². The first-order valence-electron chi connectivity index (χ1n) is 6.98. The van der Waals surface area contributed by atoms with Gasteiger partial charge in [-0.05, 0) is 30.3 Å². The highest BCUT2D eigenvalue weighted by Crippen LogP contribution is 2.37. The van der Waals surface area contributed by atoms with Crippen LogP contribution in [0, 0.1) is 0 Å². The first-order chi connectivity index (χ1) is 10.6. The molecule has 1 heterocycles. The van der Waals surface area contributed by atoms with Crippen LogP contribution in [0.1, 0.15) is 16.1 Å². The predicted octanol–water partition coefficient (Wildman–Crippen LogP) is 2.76. The second-order valence-electron chi connectivity index (χ2n) is 5.37. The fourth-order valence-electron chi connectivity index (χ4n) is 3.19. The van der Waals surface area contributed by atoms with Gasteiger partial charge in [0.25, 0.3) is 0 Å². The summed E-state index contributed by atoms with van der Waals surface area (Å²) in [5.41, 5.74) is 2.79. The zero-order valence-electron chi connectivity index (χ0n) is 12.2. The third-order valence-electron chi connectivity index (χ3n) is 4.27. The molecule has 0 N–H and O–H groups in total. The molecule has 0 aliphatic heterocycles. The summed E-state index contributed by atoms with van der Waals surface area (Å²) in [5.74, 6) is 0.521. The number of hydrogen-bond acceptors (Lipinski definition) is 3. The molecule has 1 aliphatic carbocycles. The lowest BCUT2D eigenvalue weighted by Gasteiger charge is -2.10. The van der Waals surface area contributed by atoms with Crippen LogP contribution in [0.5, 0.6) is 5.75 Å². The largest absolute Gasteiger partial charge is 0.497 e. The average Bonchev–Trinajstić information content (AvgIpc) is 2.85. The molecule has 4 rings (SSSR count). The molecule has 0 saturated carbocycles. The van der Waals surface area contributed by atoms with E-state index in [4.69, 9.17) is 4.74 Å². The summed E-state index contributed by atoms with van der Waals surface area (Å²) in [6.45, 7) is 0. The maximum Gasteiger partial charge on any atom is 0.210 e. The van der Waals surface area contributed by atoms with Crippen LogP contribution < -0.4 is 10.2 Å². The Morgan fingerprint density at radius 1 is 1.00 bits per heavy atom. The summed E-state index contributed by atoms with van der Waals surface area (Å²) in [7, 11) is 3.39. The van der Waals surface area contributed by atoms with E-state index >= 15 is 0 Å². The van der Waals surface area contributed by atoms with Crippen LogP contribution in [-0.4, -0.2) is 17.5 Å². The van der Waals surface area contributed by atoms with Crippen molar-refractivity contribution in [2.45, 2.75) is 0 Å². The molecule has 0 amide bonds. The molecule has 0 fully saturated rings. The van der Waals surface area contributed by atoms with E-state index in [1.165, 1.54) is 0 Å². The fraction of sp³-hybridized carbons (Fsp3) is 0.111. The zero-order chi connectivity index (χ0) is 15.4. The summed E-state index contributed by atoms with van der Waals surface area (Å²) in [4.78, 5) is 25.6. The molecule has 22 heavy (non-hydrogen) atoms. The minimum absolute atomic E-state index is 0.107. The number of para-hydroxylation sites is 1. The van der Waals surface area contributed by atoms with Gasteiger partial charge in [0.15, 0.2) is 5.43 Å². The smallest absolute Gasteiger partial charge is 0.210 e. The predicted molar refractivity (Wildman–Crippen MR) is 84.6 cm³/mol. The first-order valence-corrected chi connectivity index (χ1v) is 6.98. The number of methoxy groups -OCH3 is 1. The van der Waals surface area contributed by atoms with Gasteiger partial charge in [-0.25, -0.2) is 0 Å². The van der Waals surface area contributed by atoms with Gasteiger partial charge in [0.1, 0.15) is 11.4 Å². The lowest BCUT2D eigenvalue weighted by molar-refractivity contribution is 0.103. The van der Waals surface area contributed by atoms with E-state index in [0.717, 1.165) is 5.52 Å². The molecule has 1 aliphatic rings. The van der Waals surface area contributed by atoms with Crippen molar-refractivity contribution in [3.63, 3.8) is 0 Å². The molecule has 0 radical (unpaired) electrons. The Morgan fingerprint density at radius 3 is 2.55 bits per heavy atom. The number of carbonyl (C=O) groups excluding carboxylic acids is 1. The Kier molecular flexibility index (Phi) is 2.51. The van der Waals surface area contributed by atoms with Crippen molar-refractivity contribution in [3.05, 3.63) is 63.9 Å². The molecule has 4 heteroatoms. The van der Waals surface area contributed by atoms with Crippen molar-refractivity contribution in [2.24, 2.45) is 7.05 Å². The van der Waals surface area contributed by atoms with Crippen LogP contribution in [0.25, 0.3) is 22.0 Å². The second-order valence-corrected chi connectivity index (χ2v) is 5.37. The lowest BCUT2D eigenvalue weighted by Crippen LogP contribution is -2.15. The maximum atomic E-state index is 12.9. The molecule has 0 bridgehead atoms. The molecule has 0 saturated heterocycles. The number of pyridine rings is 1. The van der Waals surface area contributed by atoms with Crippen molar-refractivity contribution in [2.75, 3.05) is 7.11 Å². The Bertz CT molecular complexity index is 1010. The van der Waals surface area contributed by atoms with Gasteiger partial charge in [-0.3, -0.25) is 9.59 Å². The molecule has 108 valence electrons. The van der Waals surface area contributed by atoms with Gasteiger partial charge in [0.05, 0.1) is 18.2 Å². The minimum Gasteiger partial charge on any atom is -0.497 e. The van der Waals surface area contributed by atoms with Crippen molar-refractivity contribution in [3.8, 4) is 16.9 Å². The highest BCUT2D eigenvalue weighted by atomic mass is 16.5. The van der Waals surface area contributed by atoms with Gasteiger partial charge in [0, 0.05) is 23.6 Å². The normalized spacial score (nSPS) is 12.4. The number of carbonyl (C=O) groups is 1. The van der Waals surface area contributed by atoms with Gasteiger partial charge < -0.3 is 9.30 Å². The SMILES string of the molecule is COc1ccc2c(c1)-c1c(n(C)c3ccccc3c1=O)C2=O. The van der Waals surface area contributed by atoms with Crippen molar-refractivity contribution >= 4 is 16.7 Å².